The zero-order valence-corrected chi connectivity index (χ0v) is 16.2. The summed E-state index contributed by atoms with van der Waals surface area (Å²) in [5.74, 6) is 1.31. The molecule has 0 aliphatic carbocycles. The molecule has 136 valence electrons. The van der Waals surface area contributed by atoms with Crippen LogP contribution in [0.3, 0.4) is 0 Å². The van der Waals surface area contributed by atoms with Crippen molar-refractivity contribution >= 4 is 28.8 Å². The maximum absolute atomic E-state index is 12.5. The minimum atomic E-state index is -0.653. The molecule has 2 aromatic heterocycles. The van der Waals surface area contributed by atoms with Gasteiger partial charge >= 0.3 is 0 Å². The van der Waals surface area contributed by atoms with Gasteiger partial charge in [0.1, 0.15) is 5.75 Å². The summed E-state index contributed by atoms with van der Waals surface area (Å²) in [6.45, 7) is 3.80. The smallest absolute Gasteiger partial charge is 0.263 e. The molecule has 0 saturated carbocycles. The van der Waals surface area contributed by atoms with Crippen molar-refractivity contribution in [1.82, 2.24) is 15.0 Å². The summed E-state index contributed by atoms with van der Waals surface area (Å²) in [6, 6.07) is 9.13. The number of carbonyl (C=O) groups excluding carboxylic acids is 1. The molecule has 0 bridgehead atoms. The van der Waals surface area contributed by atoms with Crippen LogP contribution in [0.4, 0.5) is 0 Å². The molecule has 3 rings (SSSR count). The quantitative estimate of drug-likeness (QED) is 0.630. The molecule has 0 aliphatic rings. The van der Waals surface area contributed by atoms with Crippen LogP contribution in [-0.4, -0.2) is 34.1 Å². The lowest BCUT2D eigenvalue weighted by Gasteiger charge is -2.21. The summed E-state index contributed by atoms with van der Waals surface area (Å²) in [4.78, 5) is 19.3. The highest BCUT2D eigenvalue weighted by Crippen LogP contribution is 2.23. The van der Waals surface area contributed by atoms with E-state index in [0.717, 1.165) is 10.4 Å². The second-order valence-electron chi connectivity index (χ2n) is 5.85. The van der Waals surface area contributed by atoms with Crippen LogP contribution in [0.1, 0.15) is 18.4 Å². The van der Waals surface area contributed by atoms with Gasteiger partial charge in [-0.3, -0.25) is 4.79 Å². The van der Waals surface area contributed by atoms with Crippen molar-refractivity contribution in [2.45, 2.75) is 26.5 Å². The van der Waals surface area contributed by atoms with Gasteiger partial charge in [0.25, 0.3) is 5.91 Å². The van der Waals surface area contributed by atoms with Gasteiger partial charge in [0.05, 0.1) is 11.4 Å². The first-order valence-electron chi connectivity index (χ1n) is 7.98. The number of benzene rings is 1. The van der Waals surface area contributed by atoms with Crippen molar-refractivity contribution in [2.75, 3.05) is 7.05 Å². The first-order chi connectivity index (χ1) is 12.4. The molecule has 0 fully saturated rings. The van der Waals surface area contributed by atoms with E-state index in [1.54, 1.807) is 32.2 Å². The molecule has 0 aliphatic heterocycles. The Kier molecular flexibility index (Phi) is 5.58. The van der Waals surface area contributed by atoms with Gasteiger partial charge in [-0.15, -0.1) is 11.3 Å². The molecule has 8 heteroatoms. The van der Waals surface area contributed by atoms with Crippen LogP contribution in [-0.2, 0) is 11.3 Å². The van der Waals surface area contributed by atoms with E-state index < -0.39 is 6.10 Å². The maximum Gasteiger partial charge on any atom is 0.263 e. The molecule has 1 amide bonds. The van der Waals surface area contributed by atoms with Crippen LogP contribution in [0, 0.1) is 6.92 Å². The summed E-state index contributed by atoms with van der Waals surface area (Å²) < 4.78 is 11.0. The Balaban J connectivity index is 1.61. The van der Waals surface area contributed by atoms with Crippen LogP contribution in [0.5, 0.6) is 5.75 Å². The molecule has 0 radical (unpaired) electrons. The van der Waals surface area contributed by atoms with Crippen LogP contribution < -0.4 is 4.74 Å². The first kappa shape index (κ1) is 18.4. The number of likely N-dealkylation sites (N-methyl/N-ethyl adjacent to an activating group) is 1. The third kappa shape index (κ3) is 4.23. The van der Waals surface area contributed by atoms with E-state index in [9.17, 15) is 4.79 Å². The molecule has 0 spiro atoms. The zero-order valence-electron chi connectivity index (χ0n) is 14.6. The second-order valence-corrected chi connectivity index (χ2v) is 7.21. The van der Waals surface area contributed by atoms with Crippen LogP contribution in [0.15, 0.2) is 40.2 Å². The fourth-order valence-electron chi connectivity index (χ4n) is 2.36. The van der Waals surface area contributed by atoms with Crippen molar-refractivity contribution < 1.29 is 14.1 Å². The zero-order chi connectivity index (χ0) is 18.7. The Morgan fingerprint density at radius 3 is 2.92 bits per heavy atom. The maximum atomic E-state index is 12.5. The molecule has 6 nitrogen and oxygen atoms in total. The number of nitrogens with zero attached hydrogens (tertiary/aromatic N) is 3. The molecule has 1 aromatic carbocycles. The molecule has 2 heterocycles. The van der Waals surface area contributed by atoms with E-state index in [2.05, 4.69) is 10.1 Å². The first-order valence-corrected chi connectivity index (χ1v) is 9.24. The van der Waals surface area contributed by atoms with E-state index in [4.69, 9.17) is 20.9 Å². The predicted molar refractivity (Wildman–Crippen MR) is 100 cm³/mol. The van der Waals surface area contributed by atoms with Gasteiger partial charge in [0, 0.05) is 12.1 Å². The van der Waals surface area contributed by atoms with Crippen molar-refractivity contribution in [3.63, 3.8) is 0 Å². The number of halogens is 1. The molecule has 0 saturated heterocycles. The molecule has 0 N–H and O–H groups in total. The number of aromatic nitrogens is 2. The average molecular weight is 392 g/mol. The number of rotatable bonds is 6. The standard InChI is InChI=1S/C18H18ClN3O3S/c1-11-9-13(6-7-14(11)19)24-12(2)18(23)22(3)10-16-20-17(21-25-16)15-5-4-8-26-15/h4-9,12H,10H2,1-3H3/t12-/m0/s1. The molecule has 26 heavy (non-hydrogen) atoms. The Morgan fingerprint density at radius 1 is 1.42 bits per heavy atom. The lowest BCUT2D eigenvalue weighted by molar-refractivity contribution is -0.137. The van der Waals surface area contributed by atoms with Crippen molar-refractivity contribution in [1.29, 1.82) is 0 Å². The van der Waals surface area contributed by atoms with E-state index in [1.165, 1.54) is 16.2 Å². The van der Waals surface area contributed by atoms with Crippen molar-refractivity contribution in [3.8, 4) is 16.5 Å². The minimum absolute atomic E-state index is 0.187. The molecular formula is C18H18ClN3O3S. The number of ether oxygens (including phenoxy) is 1. The molecule has 1 atom stereocenters. The highest BCUT2D eigenvalue weighted by atomic mass is 35.5. The van der Waals surface area contributed by atoms with Gasteiger partial charge in [-0.1, -0.05) is 22.8 Å². The van der Waals surface area contributed by atoms with E-state index in [1.807, 2.05) is 24.4 Å². The summed E-state index contributed by atoms with van der Waals surface area (Å²) in [5.41, 5.74) is 0.893. The van der Waals surface area contributed by atoms with Gasteiger partial charge in [-0.25, -0.2) is 0 Å². The monoisotopic (exact) mass is 391 g/mol. The van der Waals surface area contributed by atoms with E-state index >= 15 is 0 Å². The summed E-state index contributed by atoms with van der Waals surface area (Å²) in [7, 11) is 1.67. The fourth-order valence-corrected chi connectivity index (χ4v) is 3.13. The Labute approximate surface area is 160 Å². The summed E-state index contributed by atoms with van der Waals surface area (Å²) >= 11 is 7.53. The Hall–Kier alpha value is -2.38. The summed E-state index contributed by atoms with van der Waals surface area (Å²) in [5, 5.41) is 6.55. The number of thiophene rings is 1. The SMILES string of the molecule is Cc1cc(O[C@@H](C)C(=O)N(C)Cc2nc(-c3cccs3)no2)ccc1Cl. The molecule has 3 aromatic rings. The average Bonchev–Trinajstić information content (AvgIpc) is 3.28. The van der Waals surface area contributed by atoms with Crippen LogP contribution in [0.2, 0.25) is 5.02 Å². The highest BCUT2D eigenvalue weighted by molar-refractivity contribution is 7.13. The lowest BCUT2D eigenvalue weighted by Crippen LogP contribution is -2.37. The largest absolute Gasteiger partial charge is 0.481 e. The number of hydrogen-bond donors (Lipinski definition) is 0. The van der Waals surface area contributed by atoms with E-state index in [0.29, 0.717) is 22.5 Å². The number of hydrogen-bond acceptors (Lipinski definition) is 6. The Morgan fingerprint density at radius 2 is 2.23 bits per heavy atom. The van der Waals surface area contributed by atoms with Crippen molar-refractivity contribution in [3.05, 3.63) is 52.2 Å². The predicted octanol–water partition coefficient (Wildman–Crippen LogP) is 4.19. The lowest BCUT2D eigenvalue weighted by atomic mass is 10.2. The van der Waals surface area contributed by atoms with Gasteiger partial charge in [0.2, 0.25) is 11.7 Å². The van der Waals surface area contributed by atoms with Gasteiger partial charge in [0.15, 0.2) is 6.10 Å². The number of aryl methyl sites for hydroxylation is 1. The minimum Gasteiger partial charge on any atom is -0.481 e. The van der Waals surface area contributed by atoms with Crippen LogP contribution >= 0.6 is 22.9 Å². The topological polar surface area (TPSA) is 68.5 Å². The van der Waals surface area contributed by atoms with Crippen LogP contribution in [0.25, 0.3) is 10.7 Å². The Bertz CT molecular complexity index is 895. The normalized spacial score (nSPS) is 12.0. The molecule has 0 unspecified atom stereocenters. The summed E-state index contributed by atoms with van der Waals surface area (Å²) in [6.07, 6.45) is -0.653. The second kappa shape index (κ2) is 7.88. The van der Waals surface area contributed by atoms with Crippen molar-refractivity contribution in [2.24, 2.45) is 0 Å². The van der Waals surface area contributed by atoms with Gasteiger partial charge < -0.3 is 14.2 Å². The third-order valence-corrected chi connectivity index (χ3v) is 5.04. The fraction of sp³-hybridized carbons (Fsp3) is 0.278. The highest BCUT2D eigenvalue weighted by Gasteiger charge is 2.22. The van der Waals surface area contributed by atoms with E-state index in [-0.39, 0.29) is 12.5 Å². The molecular weight excluding hydrogens is 374 g/mol. The number of carbonyl (C=O) groups is 1. The third-order valence-electron chi connectivity index (χ3n) is 3.75. The number of amides is 1. The van der Waals surface area contributed by atoms with Gasteiger partial charge in [-0.05, 0) is 49.1 Å². The van der Waals surface area contributed by atoms with Gasteiger partial charge in [-0.2, -0.15) is 4.98 Å².